The third kappa shape index (κ3) is 3.74. The fraction of sp³-hybridized carbons (Fsp3) is 0.286. The van der Waals surface area contributed by atoms with E-state index in [1.807, 2.05) is 30.3 Å². The van der Waals surface area contributed by atoms with E-state index in [9.17, 15) is 9.18 Å². The third-order valence-electron chi connectivity index (χ3n) is 4.85. The van der Waals surface area contributed by atoms with E-state index >= 15 is 0 Å². The van der Waals surface area contributed by atoms with Crippen molar-refractivity contribution in [2.45, 2.75) is 31.7 Å². The Bertz CT molecular complexity index is 909. The van der Waals surface area contributed by atoms with Crippen molar-refractivity contribution in [1.82, 2.24) is 15.1 Å². The quantitative estimate of drug-likeness (QED) is 0.679. The van der Waals surface area contributed by atoms with E-state index in [0.717, 1.165) is 31.2 Å². The molecule has 138 valence electrons. The predicted molar refractivity (Wildman–Crippen MR) is 98.4 cm³/mol. The molecule has 2 heterocycles. The van der Waals surface area contributed by atoms with Crippen molar-refractivity contribution in [2.24, 2.45) is 0 Å². The van der Waals surface area contributed by atoms with Crippen LogP contribution in [0.2, 0.25) is 0 Å². The Balaban J connectivity index is 1.63. The number of carbonyl (C=O) groups excluding carboxylic acids is 1. The number of likely N-dealkylation sites (tertiary alicyclic amines) is 1. The number of benzene rings is 2. The van der Waals surface area contributed by atoms with Gasteiger partial charge in [0, 0.05) is 17.7 Å². The minimum atomic E-state index is -0.358. The van der Waals surface area contributed by atoms with Crippen molar-refractivity contribution in [1.29, 1.82) is 0 Å². The van der Waals surface area contributed by atoms with Gasteiger partial charge in [0.05, 0.1) is 0 Å². The van der Waals surface area contributed by atoms with Crippen LogP contribution in [0.4, 0.5) is 4.39 Å². The SMILES string of the molecule is O=C(c1ccc(F)cc1)N1CCCCCC1c1nnc(-c2ccccc2)o1. The van der Waals surface area contributed by atoms with Gasteiger partial charge in [-0.1, -0.05) is 31.0 Å². The summed E-state index contributed by atoms with van der Waals surface area (Å²) in [6.45, 7) is 0.615. The molecule has 0 spiro atoms. The number of aromatic nitrogens is 2. The second-order valence-electron chi connectivity index (χ2n) is 6.68. The lowest BCUT2D eigenvalue weighted by Crippen LogP contribution is -2.35. The highest BCUT2D eigenvalue weighted by molar-refractivity contribution is 5.94. The average Bonchev–Trinajstić information content (AvgIpc) is 3.07. The molecule has 1 aliphatic rings. The Morgan fingerprint density at radius 2 is 1.78 bits per heavy atom. The number of carbonyl (C=O) groups is 1. The number of halogens is 1. The Hall–Kier alpha value is -3.02. The second-order valence-corrected chi connectivity index (χ2v) is 6.68. The maximum Gasteiger partial charge on any atom is 0.254 e. The van der Waals surface area contributed by atoms with Crippen LogP contribution in [-0.4, -0.2) is 27.5 Å². The molecule has 1 aliphatic heterocycles. The van der Waals surface area contributed by atoms with Gasteiger partial charge in [-0.05, 0) is 49.2 Å². The standard InChI is InChI=1S/C21H20FN3O2/c22-17-12-10-16(11-13-17)21(26)25-14-6-2-5-9-18(25)20-24-23-19(27-20)15-7-3-1-4-8-15/h1,3-4,7-8,10-13,18H,2,5-6,9,14H2. The van der Waals surface area contributed by atoms with Gasteiger partial charge in [-0.3, -0.25) is 4.79 Å². The van der Waals surface area contributed by atoms with Crippen LogP contribution >= 0.6 is 0 Å². The topological polar surface area (TPSA) is 59.2 Å². The summed E-state index contributed by atoms with van der Waals surface area (Å²) in [6, 6.07) is 14.9. The molecule has 1 aromatic heterocycles. The molecule has 6 heteroatoms. The second kappa shape index (κ2) is 7.70. The molecule has 1 fully saturated rings. The zero-order valence-electron chi connectivity index (χ0n) is 14.8. The molecule has 27 heavy (non-hydrogen) atoms. The average molecular weight is 365 g/mol. The highest BCUT2D eigenvalue weighted by Crippen LogP contribution is 2.32. The van der Waals surface area contributed by atoms with Crippen molar-refractivity contribution < 1.29 is 13.6 Å². The minimum Gasteiger partial charge on any atom is -0.418 e. The van der Waals surface area contributed by atoms with E-state index in [1.165, 1.54) is 24.3 Å². The third-order valence-corrected chi connectivity index (χ3v) is 4.85. The fourth-order valence-corrected chi connectivity index (χ4v) is 3.43. The lowest BCUT2D eigenvalue weighted by molar-refractivity contribution is 0.0652. The molecule has 0 saturated carbocycles. The molecule has 1 atom stereocenters. The number of rotatable bonds is 3. The monoisotopic (exact) mass is 365 g/mol. The van der Waals surface area contributed by atoms with Gasteiger partial charge < -0.3 is 9.32 Å². The van der Waals surface area contributed by atoms with E-state index in [0.29, 0.717) is 23.9 Å². The summed E-state index contributed by atoms with van der Waals surface area (Å²) in [7, 11) is 0. The van der Waals surface area contributed by atoms with Gasteiger partial charge in [-0.25, -0.2) is 4.39 Å². The lowest BCUT2D eigenvalue weighted by Gasteiger charge is -2.27. The van der Waals surface area contributed by atoms with Gasteiger partial charge in [-0.2, -0.15) is 0 Å². The summed E-state index contributed by atoms with van der Waals surface area (Å²) >= 11 is 0. The first-order valence-electron chi connectivity index (χ1n) is 9.18. The molecule has 5 nitrogen and oxygen atoms in total. The normalized spacial score (nSPS) is 17.5. The van der Waals surface area contributed by atoms with Gasteiger partial charge in [0.15, 0.2) is 0 Å². The first-order chi connectivity index (χ1) is 13.2. The molecule has 0 bridgehead atoms. The maximum atomic E-state index is 13.2. The highest BCUT2D eigenvalue weighted by Gasteiger charge is 2.31. The van der Waals surface area contributed by atoms with E-state index in [1.54, 1.807) is 4.90 Å². The highest BCUT2D eigenvalue weighted by atomic mass is 19.1. The van der Waals surface area contributed by atoms with Crippen molar-refractivity contribution >= 4 is 5.91 Å². The van der Waals surface area contributed by atoms with Crippen LogP contribution in [0, 0.1) is 5.82 Å². The van der Waals surface area contributed by atoms with Gasteiger partial charge >= 0.3 is 0 Å². The summed E-state index contributed by atoms with van der Waals surface area (Å²) < 4.78 is 19.1. The smallest absolute Gasteiger partial charge is 0.254 e. The van der Waals surface area contributed by atoms with Gasteiger partial charge in [0.1, 0.15) is 11.9 Å². The van der Waals surface area contributed by atoms with E-state index in [4.69, 9.17) is 4.42 Å². The molecule has 0 N–H and O–H groups in total. The number of hydrogen-bond donors (Lipinski definition) is 0. The largest absolute Gasteiger partial charge is 0.418 e. The van der Waals surface area contributed by atoms with Gasteiger partial charge in [-0.15, -0.1) is 10.2 Å². The van der Waals surface area contributed by atoms with Crippen molar-refractivity contribution in [3.8, 4) is 11.5 Å². The van der Waals surface area contributed by atoms with Crippen LogP contribution in [-0.2, 0) is 0 Å². The van der Waals surface area contributed by atoms with Crippen LogP contribution in [0.3, 0.4) is 0 Å². The van der Waals surface area contributed by atoms with Crippen molar-refractivity contribution in [3.05, 3.63) is 71.9 Å². The summed E-state index contributed by atoms with van der Waals surface area (Å²) in [4.78, 5) is 14.8. The number of nitrogens with zero attached hydrogens (tertiary/aromatic N) is 3. The molecule has 1 amide bonds. The van der Waals surface area contributed by atoms with Gasteiger partial charge in [0.2, 0.25) is 11.8 Å². The molecular weight excluding hydrogens is 345 g/mol. The van der Waals surface area contributed by atoms with Crippen LogP contribution in [0.15, 0.2) is 59.0 Å². The summed E-state index contributed by atoms with van der Waals surface area (Å²) in [6.07, 6.45) is 3.72. The molecular formula is C21H20FN3O2. The maximum absolute atomic E-state index is 13.2. The molecule has 0 radical (unpaired) electrons. The Morgan fingerprint density at radius 3 is 2.56 bits per heavy atom. The molecule has 1 unspecified atom stereocenters. The van der Waals surface area contributed by atoms with Crippen LogP contribution in [0.25, 0.3) is 11.5 Å². The molecule has 4 rings (SSSR count). The molecule has 2 aromatic carbocycles. The molecule has 3 aromatic rings. The Kier molecular flexibility index (Phi) is 4.96. The Morgan fingerprint density at radius 1 is 1.00 bits per heavy atom. The van der Waals surface area contributed by atoms with Crippen LogP contribution < -0.4 is 0 Å². The summed E-state index contributed by atoms with van der Waals surface area (Å²) in [5.74, 6) is 0.403. The van der Waals surface area contributed by atoms with E-state index in [2.05, 4.69) is 10.2 Å². The van der Waals surface area contributed by atoms with Crippen LogP contribution in [0.1, 0.15) is 48.0 Å². The van der Waals surface area contributed by atoms with E-state index in [-0.39, 0.29) is 17.8 Å². The fourth-order valence-electron chi connectivity index (χ4n) is 3.43. The summed E-state index contributed by atoms with van der Waals surface area (Å²) in [5, 5.41) is 8.39. The first-order valence-corrected chi connectivity index (χ1v) is 9.18. The summed E-state index contributed by atoms with van der Waals surface area (Å²) in [5.41, 5.74) is 1.31. The molecule has 0 aliphatic carbocycles. The zero-order valence-corrected chi connectivity index (χ0v) is 14.8. The van der Waals surface area contributed by atoms with Crippen LogP contribution in [0.5, 0.6) is 0 Å². The minimum absolute atomic E-state index is 0.138. The first kappa shape index (κ1) is 17.4. The predicted octanol–water partition coefficient (Wildman–Crippen LogP) is 4.63. The number of hydrogen-bond acceptors (Lipinski definition) is 4. The van der Waals surface area contributed by atoms with E-state index < -0.39 is 0 Å². The molecule has 1 saturated heterocycles. The number of amides is 1. The van der Waals surface area contributed by atoms with Crippen molar-refractivity contribution in [2.75, 3.05) is 6.54 Å². The van der Waals surface area contributed by atoms with Crippen molar-refractivity contribution in [3.63, 3.8) is 0 Å². The zero-order chi connectivity index (χ0) is 18.6. The lowest BCUT2D eigenvalue weighted by atomic mass is 10.1. The van der Waals surface area contributed by atoms with Gasteiger partial charge in [0.25, 0.3) is 5.91 Å². The Labute approximate surface area is 156 Å².